The SMILES string of the molecule is OC1CCN(Cc2coc(-c3cccc(Cl)c3)n2)CC1. The van der Waals surface area contributed by atoms with Gasteiger partial charge in [-0.15, -0.1) is 0 Å². The molecule has 5 heteroatoms. The maximum absolute atomic E-state index is 9.50. The predicted octanol–water partition coefficient (Wildman–Crippen LogP) is 2.95. The number of benzene rings is 1. The minimum atomic E-state index is -0.148. The van der Waals surface area contributed by atoms with Crippen LogP contribution in [0.3, 0.4) is 0 Å². The summed E-state index contributed by atoms with van der Waals surface area (Å²) in [6.07, 6.45) is 3.21. The fraction of sp³-hybridized carbons (Fsp3) is 0.400. The third-order valence-corrected chi connectivity index (χ3v) is 3.80. The van der Waals surface area contributed by atoms with Crippen molar-refractivity contribution in [3.63, 3.8) is 0 Å². The van der Waals surface area contributed by atoms with Crippen LogP contribution in [0.25, 0.3) is 11.5 Å². The lowest BCUT2D eigenvalue weighted by Crippen LogP contribution is -2.35. The van der Waals surface area contributed by atoms with Crippen LogP contribution >= 0.6 is 11.6 Å². The van der Waals surface area contributed by atoms with Crippen molar-refractivity contribution in [3.05, 3.63) is 41.2 Å². The summed E-state index contributed by atoms with van der Waals surface area (Å²) in [4.78, 5) is 6.79. The van der Waals surface area contributed by atoms with E-state index in [1.807, 2.05) is 24.3 Å². The molecule has 0 saturated carbocycles. The van der Waals surface area contributed by atoms with E-state index in [0.29, 0.717) is 10.9 Å². The second-order valence-electron chi connectivity index (χ2n) is 5.16. The Morgan fingerprint density at radius 3 is 2.90 bits per heavy atom. The van der Waals surface area contributed by atoms with Crippen LogP contribution in [-0.2, 0) is 6.54 Å². The Kier molecular flexibility index (Phi) is 4.05. The van der Waals surface area contributed by atoms with E-state index in [1.54, 1.807) is 6.26 Å². The molecular formula is C15H17ClN2O2. The van der Waals surface area contributed by atoms with E-state index in [0.717, 1.165) is 43.7 Å². The average molecular weight is 293 g/mol. The number of rotatable bonds is 3. The summed E-state index contributed by atoms with van der Waals surface area (Å²) in [7, 11) is 0. The first-order valence-corrected chi connectivity index (χ1v) is 7.19. The van der Waals surface area contributed by atoms with Crippen LogP contribution in [0.15, 0.2) is 34.9 Å². The van der Waals surface area contributed by atoms with Gasteiger partial charge in [0.25, 0.3) is 0 Å². The van der Waals surface area contributed by atoms with Crippen LogP contribution in [-0.4, -0.2) is 34.2 Å². The van der Waals surface area contributed by atoms with E-state index in [4.69, 9.17) is 16.0 Å². The molecule has 0 amide bonds. The highest BCUT2D eigenvalue weighted by molar-refractivity contribution is 6.30. The molecule has 0 spiro atoms. The third kappa shape index (κ3) is 3.20. The number of aromatic nitrogens is 1. The highest BCUT2D eigenvalue weighted by Crippen LogP contribution is 2.23. The Morgan fingerprint density at radius 1 is 1.35 bits per heavy atom. The van der Waals surface area contributed by atoms with Crippen LogP contribution < -0.4 is 0 Å². The Hall–Kier alpha value is -1.36. The molecule has 106 valence electrons. The van der Waals surface area contributed by atoms with Crippen LogP contribution in [0.1, 0.15) is 18.5 Å². The van der Waals surface area contributed by atoms with Gasteiger partial charge in [-0.1, -0.05) is 17.7 Å². The molecule has 1 saturated heterocycles. The molecule has 2 aromatic rings. The average Bonchev–Trinajstić information content (AvgIpc) is 2.90. The van der Waals surface area contributed by atoms with Gasteiger partial charge in [0, 0.05) is 30.2 Å². The molecule has 0 unspecified atom stereocenters. The first-order chi connectivity index (χ1) is 9.70. The normalized spacial score (nSPS) is 17.5. The van der Waals surface area contributed by atoms with Crippen LogP contribution in [0, 0.1) is 0 Å². The van der Waals surface area contributed by atoms with Gasteiger partial charge in [-0.2, -0.15) is 0 Å². The molecule has 0 aliphatic carbocycles. The van der Waals surface area contributed by atoms with Crippen molar-refractivity contribution >= 4 is 11.6 Å². The van der Waals surface area contributed by atoms with E-state index in [9.17, 15) is 5.11 Å². The van der Waals surface area contributed by atoms with Gasteiger partial charge < -0.3 is 9.52 Å². The lowest BCUT2D eigenvalue weighted by Gasteiger charge is -2.28. The fourth-order valence-corrected chi connectivity index (χ4v) is 2.63. The van der Waals surface area contributed by atoms with E-state index in [1.165, 1.54) is 0 Å². The maximum Gasteiger partial charge on any atom is 0.226 e. The summed E-state index contributed by atoms with van der Waals surface area (Å²) in [5.41, 5.74) is 1.80. The van der Waals surface area contributed by atoms with Gasteiger partial charge in [0.15, 0.2) is 0 Å². The van der Waals surface area contributed by atoms with Crippen molar-refractivity contribution in [1.29, 1.82) is 0 Å². The summed E-state index contributed by atoms with van der Waals surface area (Å²) < 4.78 is 5.52. The van der Waals surface area contributed by atoms with Gasteiger partial charge in [-0.05, 0) is 31.0 Å². The van der Waals surface area contributed by atoms with Gasteiger partial charge in [-0.25, -0.2) is 4.98 Å². The third-order valence-electron chi connectivity index (χ3n) is 3.57. The number of hydrogen-bond donors (Lipinski definition) is 1. The number of aliphatic hydroxyl groups is 1. The second kappa shape index (κ2) is 5.95. The molecule has 0 bridgehead atoms. The zero-order valence-corrected chi connectivity index (χ0v) is 11.9. The molecule has 0 radical (unpaired) electrons. The van der Waals surface area contributed by atoms with E-state index in [-0.39, 0.29) is 6.10 Å². The van der Waals surface area contributed by atoms with Crippen molar-refractivity contribution in [2.24, 2.45) is 0 Å². The summed E-state index contributed by atoms with van der Waals surface area (Å²) in [6, 6.07) is 7.48. The minimum absolute atomic E-state index is 0.148. The summed E-state index contributed by atoms with van der Waals surface area (Å²) in [5, 5.41) is 10.2. The van der Waals surface area contributed by atoms with E-state index >= 15 is 0 Å². The molecular weight excluding hydrogens is 276 g/mol. The van der Waals surface area contributed by atoms with Gasteiger partial charge in [0.2, 0.25) is 5.89 Å². The smallest absolute Gasteiger partial charge is 0.226 e. The van der Waals surface area contributed by atoms with Crippen molar-refractivity contribution in [3.8, 4) is 11.5 Å². The van der Waals surface area contributed by atoms with Crippen LogP contribution in [0.5, 0.6) is 0 Å². The monoisotopic (exact) mass is 292 g/mol. The maximum atomic E-state index is 9.50. The number of oxazole rings is 1. The summed E-state index contributed by atoms with van der Waals surface area (Å²) in [5.74, 6) is 0.597. The first kappa shape index (κ1) is 13.6. The molecule has 1 aromatic carbocycles. The highest BCUT2D eigenvalue weighted by Gasteiger charge is 2.18. The second-order valence-corrected chi connectivity index (χ2v) is 5.60. The number of piperidine rings is 1. The number of hydrogen-bond acceptors (Lipinski definition) is 4. The Morgan fingerprint density at radius 2 is 2.15 bits per heavy atom. The molecule has 1 aliphatic rings. The Bertz CT molecular complexity index is 577. The molecule has 1 fully saturated rings. The van der Waals surface area contributed by atoms with Crippen LogP contribution in [0.4, 0.5) is 0 Å². The van der Waals surface area contributed by atoms with Crippen molar-refractivity contribution in [1.82, 2.24) is 9.88 Å². The van der Waals surface area contributed by atoms with Crippen LogP contribution in [0.2, 0.25) is 5.02 Å². The zero-order chi connectivity index (χ0) is 13.9. The van der Waals surface area contributed by atoms with Crippen molar-refractivity contribution < 1.29 is 9.52 Å². The minimum Gasteiger partial charge on any atom is -0.444 e. The van der Waals surface area contributed by atoms with E-state index in [2.05, 4.69) is 9.88 Å². The molecule has 2 heterocycles. The van der Waals surface area contributed by atoms with Crippen molar-refractivity contribution in [2.75, 3.05) is 13.1 Å². The number of aliphatic hydroxyl groups excluding tert-OH is 1. The Balaban J connectivity index is 1.68. The number of halogens is 1. The predicted molar refractivity (Wildman–Crippen MR) is 77.5 cm³/mol. The molecule has 3 rings (SSSR count). The first-order valence-electron chi connectivity index (χ1n) is 6.81. The van der Waals surface area contributed by atoms with Crippen molar-refractivity contribution in [2.45, 2.75) is 25.5 Å². The molecule has 20 heavy (non-hydrogen) atoms. The Labute approximate surface area is 123 Å². The van der Waals surface area contributed by atoms with Gasteiger partial charge >= 0.3 is 0 Å². The standard InChI is InChI=1S/C15H17ClN2O2/c16-12-3-1-2-11(8-12)15-17-13(10-20-15)9-18-6-4-14(19)5-7-18/h1-3,8,10,14,19H,4-7,9H2. The van der Waals surface area contributed by atoms with Gasteiger partial charge in [0.05, 0.1) is 11.8 Å². The molecule has 1 aliphatic heterocycles. The molecule has 0 atom stereocenters. The van der Waals surface area contributed by atoms with Gasteiger partial charge in [0.1, 0.15) is 6.26 Å². The topological polar surface area (TPSA) is 49.5 Å². The number of likely N-dealkylation sites (tertiary alicyclic amines) is 1. The number of nitrogens with zero attached hydrogens (tertiary/aromatic N) is 2. The molecule has 1 N–H and O–H groups in total. The lowest BCUT2D eigenvalue weighted by molar-refractivity contribution is 0.0786. The fourth-order valence-electron chi connectivity index (χ4n) is 2.44. The largest absolute Gasteiger partial charge is 0.444 e. The quantitative estimate of drug-likeness (QED) is 0.945. The summed E-state index contributed by atoms with van der Waals surface area (Å²) >= 11 is 5.97. The molecule has 1 aromatic heterocycles. The van der Waals surface area contributed by atoms with Gasteiger partial charge in [-0.3, -0.25) is 4.90 Å². The van der Waals surface area contributed by atoms with E-state index < -0.39 is 0 Å². The lowest BCUT2D eigenvalue weighted by atomic mass is 10.1. The highest BCUT2D eigenvalue weighted by atomic mass is 35.5. The zero-order valence-electron chi connectivity index (χ0n) is 11.1. The summed E-state index contributed by atoms with van der Waals surface area (Å²) in [6.45, 7) is 2.57. The molecule has 4 nitrogen and oxygen atoms in total.